The van der Waals surface area contributed by atoms with Gasteiger partial charge in [0.2, 0.25) is 0 Å². The Balaban J connectivity index is 1.75. The summed E-state index contributed by atoms with van der Waals surface area (Å²) in [5, 5.41) is 13.6. The van der Waals surface area contributed by atoms with Crippen LogP contribution in [0.25, 0.3) is 0 Å². The van der Waals surface area contributed by atoms with Crippen LogP contribution in [0.5, 0.6) is 0 Å². The van der Waals surface area contributed by atoms with Crippen molar-refractivity contribution in [2.75, 3.05) is 24.5 Å². The Morgan fingerprint density at radius 3 is 2.60 bits per heavy atom. The van der Waals surface area contributed by atoms with Gasteiger partial charge in [-0.2, -0.15) is 0 Å². The molecule has 1 saturated heterocycles. The normalized spacial score (nSPS) is 19.1. The zero-order valence-corrected chi connectivity index (χ0v) is 12.8. The van der Waals surface area contributed by atoms with E-state index < -0.39 is 0 Å². The maximum absolute atomic E-state index is 10.1. The van der Waals surface area contributed by atoms with Crippen molar-refractivity contribution in [2.24, 2.45) is 5.41 Å². The topological polar surface area (TPSA) is 48.4 Å². The van der Waals surface area contributed by atoms with E-state index in [-0.39, 0.29) is 11.5 Å². The summed E-state index contributed by atoms with van der Waals surface area (Å²) in [6, 6.07) is 6.56. The van der Waals surface area contributed by atoms with Crippen molar-refractivity contribution < 1.29 is 5.11 Å². The van der Waals surface area contributed by atoms with E-state index in [1.807, 2.05) is 18.3 Å². The first-order valence-electron chi connectivity index (χ1n) is 7.54. The quantitative estimate of drug-likeness (QED) is 0.884. The molecule has 0 amide bonds. The van der Waals surface area contributed by atoms with E-state index in [0.29, 0.717) is 12.6 Å². The molecule has 1 aliphatic heterocycles. The predicted octanol–water partition coefficient (Wildman–Crippen LogP) is 2.05. The third-order valence-corrected chi connectivity index (χ3v) is 4.07. The first kappa shape index (κ1) is 15.3. The van der Waals surface area contributed by atoms with Crippen LogP contribution in [0.1, 0.15) is 33.6 Å². The highest BCUT2D eigenvalue weighted by molar-refractivity contribution is 5.38. The zero-order chi connectivity index (χ0) is 14.6. The van der Waals surface area contributed by atoms with Crippen molar-refractivity contribution >= 4 is 5.82 Å². The number of aliphatic hydroxyl groups excluding tert-OH is 1. The van der Waals surface area contributed by atoms with Gasteiger partial charge in [0.15, 0.2) is 0 Å². The number of hydrogen-bond acceptors (Lipinski definition) is 4. The molecule has 2 N–H and O–H groups in total. The molecule has 112 valence electrons. The van der Waals surface area contributed by atoms with Crippen LogP contribution in [-0.2, 0) is 0 Å². The molecule has 2 rings (SSSR count). The molecule has 1 unspecified atom stereocenters. The number of rotatable bonds is 4. The number of aromatic nitrogens is 1. The van der Waals surface area contributed by atoms with Crippen molar-refractivity contribution in [3.63, 3.8) is 0 Å². The molecule has 1 aromatic rings. The Kier molecular flexibility index (Phi) is 5.00. The molecular formula is C16H27N3O. The Hall–Kier alpha value is -1.13. The molecule has 2 heterocycles. The number of aliphatic hydroxyl groups is 1. The lowest BCUT2D eigenvalue weighted by Gasteiger charge is -2.34. The van der Waals surface area contributed by atoms with Gasteiger partial charge >= 0.3 is 0 Å². The van der Waals surface area contributed by atoms with Crippen LogP contribution in [0.15, 0.2) is 24.4 Å². The second-order valence-electron chi connectivity index (χ2n) is 6.74. The summed E-state index contributed by atoms with van der Waals surface area (Å²) < 4.78 is 0. The van der Waals surface area contributed by atoms with Crippen LogP contribution in [0.2, 0.25) is 0 Å². The highest BCUT2D eigenvalue weighted by Crippen LogP contribution is 2.20. The first-order valence-corrected chi connectivity index (χ1v) is 7.54. The molecule has 1 aromatic heterocycles. The molecule has 0 saturated carbocycles. The third-order valence-electron chi connectivity index (χ3n) is 4.07. The molecule has 4 nitrogen and oxygen atoms in total. The SMILES string of the molecule is CC(C)(C)C(O)CNC1CCN(c2ccccn2)CC1. The third kappa shape index (κ3) is 4.18. The highest BCUT2D eigenvalue weighted by atomic mass is 16.3. The van der Waals surface area contributed by atoms with E-state index in [9.17, 15) is 5.11 Å². The molecular weight excluding hydrogens is 250 g/mol. The van der Waals surface area contributed by atoms with Gasteiger partial charge < -0.3 is 15.3 Å². The van der Waals surface area contributed by atoms with Gasteiger partial charge in [-0.05, 0) is 30.4 Å². The standard InChI is InChI=1S/C16H27N3O/c1-16(2,3)14(20)12-18-13-7-10-19(11-8-13)15-6-4-5-9-17-15/h4-6,9,13-14,18,20H,7-8,10-12H2,1-3H3. The monoisotopic (exact) mass is 277 g/mol. The number of hydrogen-bond donors (Lipinski definition) is 2. The van der Waals surface area contributed by atoms with Crippen LogP contribution in [0.4, 0.5) is 5.82 Å². The molecule has 0 bridgehead atoms. The molecule has 0 aromatic carbocycles. The highest BCUT2D eigenvalue weighted by Gasteiger charge is 2.24. The van der Waals surface area contributed by atoms with Crippen molar-refractivity contribution in [1.29, 1.82) is 0 Å². The maximum atomic E-state index is 10.1. The second-order valence-corrected chi connectivity index (χ2v) is 6.74. The minimum absolute atomic E-state index is 0.0539. The van der Waals surface area contributed by atoms with Crippen molar-refractivity contribution in [1.82, 2.24) is 10.3 Å². The largest absolute Gasteiger partial charge is 0.391 e. The number of pyridine rings is 1. The van der Waals surface area contributed by atoms with Crippen molar-refractivity contribution in [3.05, 3.63) is 24.4 Å². The number of nitrogens with zero attached hydrogens (tertiary/aromatic N) is 2. The van der Waals surface area contributed by atoms with Gasteiger partial charge in [-0.25, -0.2) is 4.98 Å². The fourth-order valence-corrected chi connectivity index (χ4v) is 2.44. The van der Waals surface area contributed by atoms with Gasteiger partial charge in [-0.3, -0.25) is 0 Å². The summed E-state index contributed by atoms with van der Waals surface area (Å²) in [6.07, 6.45) is 3.76. The van der Waals surface area contributed by atoms with Gasteiger partial charge in [0.1, 0.15) is 5.82 Å². The summed E-state index contributed by atoms with van der Waals surface area (Å²) in [5.74, 6) is 1.07. The average molecular weight is 277 g/mol. The van der Waals surface area contributed by atoms with Crippen molar-refractivity contribution in [2.45, 2.75) is 45.8 Å². The fourth-order valence-electron chi connectivity index (χ4n) is 2.44. The fraction of sp³-hybridized carbons (Fsp3) is 0.688. The van der Waals surface area contributed by atoms with Crippen LogP contribution in [0, 0.1) is 5.41 Å². The molecule has 1 aliphatic rings. The van der Waals surface area contributed by atoms with Gasteiger partial charge in [-0.1, -0.05) is 26.8 Å². The maximum Gasteiger partial charge on any atom is 0.128 e. The molecule has 4 heteroatoms. The van der Waals surface area contributed by atoms with Crippen LogP contribution >= 0.6 is 0 Å². The van der Waals surface area contributed by atoms with E-state index in [1.165, 1.54) is 0 Å². The minimum atomic E-state index is -0.295. The Labute approximate surface area is 122 Å². The lowest BCUT2D eigenvalue weighted by atomic mass is 9.89. The molecule has 0 aliphatic carbocycles. The van der Waals surface area contributed by atoms with E-state index >= 15 is 0 Å². The summed E-state index contributed by atoms with van der Waals surface area (Å²) >= 11 is 0. The van der Waals surface area contributed by atoms with Crippen LogP contribution < -0.4 is 10.2 Å². The average Bonchev–Trinajstić information content (AvgIpc) is 2.45. The molecule has 1 atom stereocenters. The number of piperidine rings is 1. The lowest BCUT2D eigenvalue weighted by Crippen LogP contribution is -2.46. The lowest BCUT2D eigenvalue weighted by molar-refractivity contribution is 0.0596. The van der Waals surface area contributed by atoms with E-state index in [1.54, 1.807) is 0 Å². The summed E-state index contributed by atoms with van der Waals surface area (Å²) in [6.45, 7) is 8.95. The Morgan fingerprint density at radius 1 is 1.35 bits per heavy atom. The first-order chi connectivity index (χ1) is 9.47. The van der Waals surface area contributed by atoms with Gasteiger partial charge in [0, 0.05) is 31.9 Å². The molecule has 0 radical (unpaired) electrons. The van der Waals surface area contributed by atoms with Crippen LogP contribution in [0.3, 0.4) is 0 Å². The van der Waals surface area contributed by atoms with Crippen LogP contribution in [-0.4, -0.2) is 41.9 Å². The van der Waals surface area contributed by atoms with E-state index in [2.05, 4.69) is 42.0 Å². The van der Waals surface area contributed by atoms with E-state index in [4.69, 9.17) is 0 Å². The number of nitrogens with one attached hydrogen (secondary N) is 1. The number of anilines is 1. The summed E-state index contributed by atoms with van der Waals surface area (Å²) in [5.41, 5.74) is -0.0539. The smallest absolute Gasteiger partial charge is 0.128 e. The predicted molar refractivity (Wildman–Crippen MR) is 82.9 cm³/mol. The van der Waals surface area contributed by atoms with Gasteiger partial charge in [0.05, 0.1) is 6.10 Å². The Morgan fingerprint density at radius 2 is 2.05 bits per heavy atom. The van der Waals surface area contributed by atoms with Gasteiger partial charge in [0.25, 0.3) is 0 Å². The second kappa shape index (κ2) is 6.55. The van der Waals surface area contributed by atoms with Crippen molar-refractivity contribution in [3.8, 4) is 0 Å². The Bertz CT molecular complexity index is 394. The minimum Gasteiger partial charge on any atom is -0.391 e. The molecule has 0 spiro atoms. The summed E-state index contributed by atoms with van der Waals surface area (Å²) in [4.78, 5) is 6.73. The zero-order valence-electron chi connectivity index (χ0n) is 12.8. The summed E-state index contributed by atoms with van der Waals surface area (Å²) in [7, 11) is 0. The van der Waals surface area contributed by atoms with E-state index in [0.717, 1.165) is 31.7 Å². The molecule has 1 fully saturated rings. The molecule has 20 heavy (non-hydrogen) atoms. The van der Waals surface area contributed by atoms with Gasteiger partial charge in [-0.15, -0.1) is 0 Å².